The van der Waals surface area contributed by atoms with Crippen LogP contribution in [0.4, 0.5) is 4.39 Å². The van der Waals surface area contributed by atoms with E-state index in [0.29, 0.717) is 25.1 Å². The summed E-state index contributed by atoms with van der Waals surface area (Å²) < 4.78 is 44.0. The van der Waals surface area contributed by atoms with Crippen molar-refractivity contribution in [2.75, 3.05) is 18.6 Å². The zero-order valence-corrected chi connectivity index (χ0v) is 18.0. The number of methoxy groups -OCH3 is 1. The van der Waals surface area contributed by atoms with Gasteiger partial charge in [-0.25, -0.2) is 17.8 Å². The number of aromatic nitrogens is 1. The van der Waals surface area contributed by atoms with Gasteiger partial charge in [0, 0.05) is 12.3 Å². The van der Waals surface area contributed by atoms with Crippen LogP contribution in [0.3, 0.4) is 0 Å². The van der Waals surface area contributed by atoms with Crippen LogP contribution in [0.2, 0.25) is 0 Å². The molecule has 1 heterocycles. The third kappa shape index (κ3) is 6.03. The lowest BCUT2D eigenvalue weighted by atomic mass is 9.88. The summed E-state index contributed by atoms with van der Waals surface area (Å²) in [6, 6.07) is 6.68. The van der Waals surface area contributed by atoms with E-state index >= 15 is 0 Å². The smallest absolute Gasteiger partial charge is 0.213 e. The van der Waals surface area contributed by atoms with Crippen LogP contribution in [-0.2, 0) is 16.3 Å². The Morgan fingerprint density at radius 2 is 1.86 bits per heavy atom. The predicted molar refractivity (Wildman–Crippen MR) is 112 cm³/mol. The van der Waals surface area contributed by atoms with Crippen molar-refractivity contribution in [2.45, 2.75) is 52.4 Å². The van der Waals surface area contributed by atoms with E-state index in [1.807, 2.05) is 26.8 Å². The molecule has 2 aromatic rings. The normalized spacial score (nSPS) is 11.8. The van der Waals surface area contributed by atoms with E-state index in [-0.39, 0.29) is 23.2 Å². The van der Waals surface area contributed by atoms with Gasteiger partial charge < -0.3 is 4.74 Å². The Morgan fingerprint density at radius 3 is 2.50 bits per heavy atom. The minimum Gasteiger partial charge on any atom is -0.481 e. The van der Waals surface area contributed by atoms with E-state index in [2.05, 4.69) is 4.98 Å². The highest BCUT2D eigenvalue weighted by Crippen LogP contribution is 2.33. The third-order valence-electron chi connectivity index (χ3n) is 4.82. The Balaban J connectivity index is 2.37. The van der Waals surface area contributed by atoms with Crippen molar-refractivity contribution in [2.24, 2.45) is 0 Å². The van der Waals surface area contributed by atoms with Crippen LogP contribution in [-0.4, -0.2) is 32.0 Å². The molecule has 28 heavy (non-hydrogen) atoms. The number of ether oxygens (including phenoxy) is 1. The van der Waals surface area contributed by atoms with E-state index in [0.717, 1.165) is 28.7 Å². The molecule has 0 aliphatic rings. The summed E-state index contributed by atoms with van der Waals surface area (Å²) in [5.41, 5.74) is 3.50. The molecule has 0 unspecified atom stereocenters. The summed E-state index contributed by atoms with van der Waals surface area (Å²) in [5, 5.41) is 0. The number of hydrogen-bond acceptors (Lipinski definition) is 4. The zero-order chi connectivity index (χ0) is 20.7. The Hall–Kier alpha value is -1.95. The number of sulfone groups is 1. The molecule has 0 amide bonds. The minimum atomic E-state index is -3.05. The number of nitrogens with zero attached hydrogens (tertiary/aromatic N) is 1. The van der Waals surface area contributed by atoms with Gasteiger partial charge >= 0.3 is 0 Å². The van der Waals surface area contributed by atoms with Crippen LogP contribution in [0, 0.1) is 5.82 Å². The lowest BCUT2D eigenvalue weighted by Crippen LogP contribution is -2.12. The van der Waals surface area contributed by atoms with Crippen LogP contribution in [0.5, 0.6) is 5.88 Å². The first kappa shape index (κ1) is 22.3. The molecule has 0 radical (unpaired) electrons. The Labute approximate surface area is 168 Å². The number of hydrogen-bond donors (Lipinski definition) is 0. The number of unbranched alkanes of at least 4 members (excludes halogenated alkanes) is 1. The van der Waals surface area contributed by atoms with E-state index in [1.54, 1.807) is 25.4 Å². The third-order valence-corrected chi connectivity index (χ3v) is 6.64. The average Bonchev–Trinajstić information content (AvgIpc) is 2.66. The van der Waals surface area contributed by atoms with Crippen LogP contribution in [0.15, 0.2) is 30.5 Å². The summed E-state index contributed by atoms with van der Waals surface area (Å²) in [6.45, 7) is 6.03. The van der Waals surface area contributed by atoms with Gasteiger partial charge in [0.2, 0.25) is 5.88 Å². The topological polar surface area (TPSA) is 56.3 Å². The first-order valence-corrected chi connectivity index (χ1v) is 11.6. The molecule has 0 aliphatic heterocycles. The fourth-order valence-corrected chi connectivity index (χ4v) is 4.85. The summed E-state index contributed by atoms with van der Waals surface area (Å²) in [4.78, 5) is 4.12. The highest BCUT2D eigenvalue weighted by Gasteiger charge is 2.17. The zero-order valence-electron chi connectivity index (χ0n) is 17.2. The van der Waals surface area contributed by atoms with Crippen molar-refractivity contribution in [3.05, 3.63) is 47.4 Å². The van der Waals surface area contributed by atoms with E-state index in [1.165, 1.54) is 6.07 Å². The second-order valence-electron chi connectivity index (χ2n) is 7.37. The van der Waals surface area contributed by atoms with Crippen LogP contribution >= 0.6 is 0 Å². The molecule has 154 valence electrons. The molecule has 4 nitrogen and oxygen atoms in total. The molecule has 6 heteroatoms. The molecular weight excluding hydrogens is 377 g/mol. The monoisotopic (exact) mass is 407 g/mol. The van der Waals surface area contributed by atoms with Gasteiger partial charge in [-0.1, -0.05) is 27.2 Å². The van der Waals surface area contributed by atoms with Crippen molar-refractivity contribution >= 4 is 9.84 Å². The van der Waals surface area contributed by atoms with Gasteiger partial charge in [-0.15, -0.1) is 0 Å². The summed E-state index contributed by atoms with van der Waals surface area (Å²) in [7, 11) is -1.51. The quantitative estimate of drug-likeness (QED) is 0.545. The summed E-state index contributed by atoms with van der Waals surface area (Å²) >= 11 is 0. The molecule has 1 aromatic heterocycles. The summed E-state index contributed by atoms with van der Waals surface area (Å²) in [5.74, 6) is 0.680. The minimum absolute atomic E-state index is 0.130. The van der Waals surface area contributed by atoms with Crippen molar-refractivity contribution in [3.63, 3.8) is 0 Å². The molecule has 0 saturated carbocycles. The second kappa shape index (κ2) is 10.0. The number of pyridine rings is 1. The highest BCUT2D eigenvalue weighted by atomic mass is 32.2. The molecule has 0 aliphatic carbocycles. The van der Waals surface area contributed by atoms with Crippen molar-refractivity contribution < 1.29 is 17.5 Å². The maximum atomic E-state index is 14.3. The molecule has 0 atom stereocenters. The Morgan fingerprint density at radius 1 is 1.14 bits per heavy atom. The maximum Gasteiger partial charge on any atom is 0.213 e. The van der Waals surface area contributed by atoms with Gasteiger partial charge in [-0.2, -0.15) is 0 Å². The Kier molecular flexibility index (Phi) is 7.98. The van der Waals surface area contributed by atoms with Gasteiger partial charge in [0.25, 0.3) is 0 Å². The molecular formula is C22H30FNO3S. The number of benzene rings is 1. The van der Waals surface area contributed by atoms with Crippen molar-refractivity contribution in [3.8, 4) is 17.0 Å². The predicted octanol–water partition coefficient (Wildman–Crippen LogP) is 5.17. The lowest BCUT2D eigenvalue weighted by Gasteiger charge is -2.18. The molecule has 2 rings (SSSR count). The highest BCUT2D eigenvalue weighted by molar-refractivity contribution is 7.91. The standard InChI is InChI=1S/C22H30FNO3S/c1-5-6-11-28(25,26)12-7-8-19-20(16(2)3)14-18(23)15-21(19)17-9-10-24-22(13-17)27-4/h9-10,13-16H,5-8,11-12H2,1-4H3. The van der Waals surface area contributed by atoms with Crippen molar-refractivity contribution in [1.29, 1.82) is 0 Å². The second-order valence-corrected chi connectivity index (χ2v) is 9.68. The molecule has 0 spiro atoms. The average molecular weight is 408 g/mol. The van der Waals surface area contributed by atoms with E-state index < -0.39 is 9.84 Å². The van der Waals surface area contributed by atoms with Gasteiger partial charge in [-0.3, -0.25) is 0 Å². The van der Waals surface area contributed by atoms with Crippen LogP contribution < -0.4 is 4.74 Å². The van der Waals surface area contributed by atoms with Crippen molar-refractivity contribution in [1.82, 2.24) is 4.98 Å². The van der Waals surface area contributed by atoms with E-state index in [9.17, 15) is 12.8 Å². The van der Waals surface area contributed by atoms with Crippen LogP contribution in [0.1, 0.15) is 57.1 Å². The lowest BCUT2D eigenvalue weighted by molar-refractivity contribution is 0.398. The summed E-state index contributed by atoms with van der Waals surface area (Å²) in [6.07, 6.45) is 4.29. The Bertz CT molecular complexity index is 895. The fourth-order valence-electron chi connectivity index (χ4n) is 3.33. The molecule has 0 N–H and O–H groups in total. The first-order chi connectivity index (χ1) is 13.3. The maximum absolute atomic E-state index is 14.3. The van der Waals surface area contributed by atoms with Gasteiger partial charge in [-0.05, 0) is 65.6 Å². The van der Waals surface area contributed by atoms with Crippen LogP contribution in [0.25, 0.3) is 11.1 Å². The van der Waals surface area contributed by atoms with Gasteiger partial charge in [0.05, 0.1) is 18.6 Å². The molecule has 1 aromatic carbocycles. The van der Waals surface area contributed by atoms with Gasteiger partial charge in [0.15, 0.2) is 0 Å². The molecule has 0 bridgehead atoms. The fraction of sp³-hybridized carbons (Fsp3) is 0.500. The van der Waals surface area contributed by atoms with E-state index in [4.69, 9.17) is 4.74 Å². The molecule has 0 fully saturated rings. The number of rotatable bonds is 10. The van der Waals surface area contributed by atoms with Gasteiger partial charge in [0.1, 0.15) is 15.7 Å². The SMILES string of the molecule is CCCCS(=O)(=O)CCCc1c(-c2ccnc(OC)c2)cc(F)cc1C(C)C. The molecule has 0 saturated heterocycles. The first-order valence-electron chi connectivity index (χ1n) is 9.80. The largest absolute Gasteiger partial charge is 0.481 e. The number of halogens is 1.